The van der Waals surface area contributed by atoms with Crippen LogP contribution in [0, 0.1) is 11.3 Å². The van der Waals surface area contributed by atoms with Crippen LogP contribution in [0.1, 0.15) is 52.0 Å². The molecule has 0 amide bonds. The van der Waals surface area contributed by atoms with Crippen molar-refractivity contribution in [3.05, 3.63) is 29.8 Å². The molecule has 1 aliphatic carbocycles. The number of halogens is 3. The van der Waals surface area contributed by atoms with Crippen molar-refractivity contribution in [1.82, 2.24) is 5.32 Å². The Bertz CT molecular complexity index is 570. The zero-order valence-electron chi connectivity index (χ0n) is 14.3. The Balaban J connectivity index is 1.86. The van der Waals surface area contributed by atoms with E-state index in [1.54, 1.807) is 6.07 Å². The molecule has 1 fully saturated rings. The van der Waals surface area contributed by atoms with Gasteiger partial charge in [0.25, 0.3) is 0 Å². The lowest BCUT2D eigenvalue weighted by molar-refractivity contribution is -0.137. The molecule has 0 unspecified atom stereocenters. The molecule has 1 aromatic carbocycles. The first kappa shape index (κ1) is 19.0. The van der Waals surface area contributed by atoms with Crippen molar-refractivity contribution in [1.29, 1.82) is 0 Å². The molecule has 0 heterocycles. The Labute approximate surface area is 147 Å². The van der Waals surface area contributed by atoms with Gasteiger partial charge in [-0.05, 0) is 67.4 Å². The maximum Gasteiger partial charge on any atom is 0.416 e. The van der Waals surface area contributed by atoms with E-state index in [0.29, 0.717) is 22.1 Å². The van der Waals surface area contributed by atoms with E-state index in [-0.39, 0.29) is 6.04 Å². The van der Waals surface area contributed by atoms with E-state index in [0.717, 1.165) is 37.8 Å². The average molecular weight is 358 g/mol. The quantitative estimate of drug-likeness (QED) is 0.673. The molecule has 0 aliphatic heterocycles. The number of nitrogens with one attached hydrogen (secondary N) is 2. The van der Waals surface area contributed by atoms with Crippen LogP contribution in [0.15, 0.2) is 24.3 Å². The normalized spacial score (nSPS) is 22.1. The van der Waals surface area contributed by atoms with Crippen LogP contribution in [0.3, 0.4) is 0 Å². The lowest BCUT2D eigenvalue weighted by atomic mass is 9.71. The summed E-state index contributed by atoms with van der Waals surface area (Å²) in [5.41, 5.74) is -0.00595. The van der Waals surface area contributed by atoms with Gasteiger partial charge in [0.2, 0.25) is 0 Å². The van der Waals surface area contributed by atoms with E-state index in [1.165, 1.54) is 6.07 Å². The van der Waals surface area contributed by atoms with Gasteiger partial charge in [-0.2, -0.15) is 13.2 Å². The van der Waals surface area contributed by atoms with E-state index in [4.69, 9.17) is 12.2 Å². The molecule has 134 valence electrons. The Kier molecular flexibility index (Phi) is 5.78. The summed E-state index contributed by atoms with van der Waals surface area (Å²) in [6.07, 6.45) is 0.0114. The van der Waals surface area contributed by atoms with Gasteiger partial charge in [-0.25, -0.2) is 0 Å². The molecule has 1 aliphatic rings. The Morgan fingerprint density at radius 3 is 2.25 bits per heavy atom. The molecule has 0 saturated heterocycles. The third kappa shape index (κ3) is 5.36. The van der Waals surface area contributed by atoms with E-state index in [1.807, 2.05) is 0 Å². The molecule has 1 saturated carbocycles. The van der Waals surface area contributed by atoms with Gasteiger partial charge in [0.15, 0.2) is 5.11 Å². The van der Waals surface area contributed by atoms with Crippen molar-refractivity contribution in [2.24, 2.45) is 11.3 Å². The number of alkyl halides is 3. The molecular formula is C18H25F3N2S. The molecule has 2 rings (SSSR count). The minimum absolute atomic E-state index is 0.286. The topological polar surface area (TPSA) is 24.1 Å². The molecule has 24 heavy (non-hydrogen) atoms. The average Bonchev–Trinajstić information content (AvgIpc) is 2.46. The zero-order chi connectivity index (χ0) is 18.0. The zero-order valence-corrected chi connectivity index (χ0v) is 15.2. The van der Waals surface area contributed by atoms with Gasteiger partial charge in [-0.1, -0.05) is 26.8 Å². The number of rotatable bonds is 2. The minimum Gasteiger partial charge on any atom is -0.360 e. The molecule has 0 atom stereocenters. The largest absolute Gasteiger partial charge is 0.416 e. The van der Waals surface area contributed by atoms with Gasteiger partial charge in [0.1, 0.15) is 0 Å². The fourth-order valence-corrected chi connectivity index (χ4v) is 3.51. The third-order valence-electron chi connectivity index (χ3n) is 4.73. The van der Waals surface area contributed by atoms with E-state index < -0.39 is 11.7 Å². The highest BCUT2D eigenvalue weighted by molar-refractivity contribution is 7.80. The van der Waals surface area contributed by atoms with E-state index >= 15 is 0 Å². The molecule has 0 bridgehead atoms. The Hall–Kier alpha value is -1.30. The van der Waals surface area contributed by atoms with Crippen molar-refractivity contribution >= 4 is 23.0 Å². The van der Waals surface area contributed by atoms with Crippen LogP contribution < -0.4 is 10.6 Å². The second kappa shape index (κ2) is 7.30. The molecule has 2 N–H and O–H groups in total. The highest BCUT2D eigenvalue weighted by Gasteiger charge is 2.31. The maximum absolute atomic E-state index is 12.7. The summed E-state index contributed by atoms with van der Waals surface area (Å²) >= 11 is 5.25. The van der Waals surface area contributed by atoms with Crippen LogP contribution >= 0.6 is 12.2 Å². The predicted octanol–water partition coefficient (Wildman–Crippen LogP) is 5.60. The van der Waals surface area contributed by atoms with Crippen molar-refractivity contribution in [3.8, 4) is 0 Å². The van der Waals surface area contributed by atoms with E-state index in [9.17, 15) is 13.2 Å². The Morgan fingerprint density at radius 1 is 1.08 bits per heavy atom. The number of anilines is 1. The van der Waals surface area contributed by atoms with Gasteiger partial charge in [0.05, 0.1) is 5.56 Å². The second-order valence-corrected chi connectivity index (χ2v) is 8.00. The number of hydrogen-bond acceptors (Lipinski definition) is 1. The fraction of sp³-hybridized carbons (Fsp3) is 0.611. The van der Waals surface area contributed by atoms with Crippen LogP contribution in [0.25, 0.3) is 0 Å². The van der Waals surface area contributed by atoms with Crippen molar-refractivity contribution in [2.45, 2.75) is 58.7 Å². The van der Waals surface area contributed by atoms with Crippen LogP contribution in [-0.2, 0) is 6.18 Å². The van der Waals surface area contributed by atoms with Gasteiger partial charge >= 0.3 is 6.18 Å². The summed E-state index contributed by atoms with van der Waals surface area (Å²) < 4.78 is 38.2. The summed E-state index contributed by atoms with van der Waals surface area (Å²) in [7, 11) is 0. The molecule has 0 aromatic heterocycles. The molecule has 2 nitrogen and oxygen atoms in total. The maximum atomic E-state index is 12.7. The van der Waals surface area contributed by atoms with E-state index in [2.05, 4.69) is 31.4 Å². The predicted molar refractivity (Wildman–Crippen MR) is 96.0 cm³/mol. The standard InChI is InChI=1S/C18H25F3N2S/c1-17(2,3)12-7-9-14(10-8-12)22-16(24)23-15-6-4-5-13(11-15)18(19,20)21/h4-6,11-12,14H,7-10H2,1-3H3,(H2,22,23,24). The third-order valence-corrected chi connectivity index (χ3v) is 4.95. The fourth-order valence-electron chi connectivity index (χ4n) is 3.23. The first-order valence-electron chi connectivity index (χ1n) is 8.30. The number of hydrogen-bond donors (Lipinski definition) is 2. The lowest BCUT2D eigenvalue weighted by Crippen LogP contribution is -2.41. The first-order chi connectivity index (χ1) is 11.1. The van der Waals surface area contributed by atoms with Gasteiger partial charge < -0.3 is 10.6 Å². The van der Waals surface area contributed by atoms with Crippen LogP contribution in [0.5, 0.6) is 0 Å². The van der Waals surface area contributed by atoms with Gasteiger partial charge in [-0.15, -0.1) is 0 Å². The Morgan fingerprint density at radius 2 is 1.71 bits per heavy atom. The van der Waals surface area contributed by atoms with Crippen LogP contribution in [-0.4, -0.2) is 11.2 Å². The van der Waals surface area contributed by atoms with Crippen molar-refractivity contribution in [3.63, 3.8) is 0 Å². The van der Waals surface area contributed by atoms with Gasteiger partial charge in [-0.3, -0.25) is 0 Å². The molecule has 0 radical (unpaired) electrons. The summed E-state index contributed by atoms with van der Waals surface area (Å²) in [6, 6.07) is 5.37. The second-order valence-electron chi connectivity index (χ2n) is 7.59. The summed E-state index contributed by atoms with van der Waals surface area (Å²) in [6.45, 7) is 6.81. The molecule has 6 heteroatoms. The van der Waals surface area contributed by atoms with Crippen molar-refractivity contribution < 1.29 is 13.2 Å². The highest BCUT2D eigenvalue weighted by Crippen LogP contribution is 2.37. The summed E-state index contributed by atoms with van der Waals surface area (Å²) in [4.78, 5) is 0. The first-order valence-corrected chi connectivity index (χ1v) is 8.71. The molecular weight excluding hydrogens is 333 g/mol. The smallest absolute Gasteiger partial charge is 0.360 e. The summed E-state index contributed by atoms with van der Waals surface area (Å²) in [5, 5.41) is 6.48. The summed E-state index contributed by atoms with van der Waals surface area (Å²) in [5.74, 6) is 0.709. The number of thiocarbonyl (C=S) groups is 1. The van der Waals surface area contributed by atoms with Crippen molar-refractivity contribution in [2.75, 3.05) is 5.32 Å². The van der Waals surface area contributed by atoms with Crippen LogP contribution in [0.2, 0.25) is 0 Å². The van der Waals surface area contributed by atoms with Crippen LogP contribution in [0.4, 0.5) is 18.9 Å². The molecule has 1 aromatic rings. The highest BCUT2D eigenvalue weighted by atomic mass is 32.1. The number of benzene rings is 1. The SMILES string of the molecule is CC(C)(C)C1CCC(NC(=S)Nc2cccc(C(F)(F)F)c2)CC1. The van der Waals surface area contributed by atoms with Gasteiger partial charge in [0, 0.05) is 11.7 Å². The lowest BCUT2D eigenvalue weighted by Gasteiger charge is -2.37. The molecule has 0 spiro atoms. The monoisotopic (exact) mass is 358 g/mol. The minimum atomic E-state index is -4.35.